The minimum Gasteiger partial charge on any atom is -0.490 e. The summed E-state index contributed by atoms with van der Waals surface area (Å²) < 4.78 is 47.1. The number of rotatable bonds is 7. The van der Waals surface area contributed by atoms with E-state index in [9.17, 15) is 13.2 Å². The van der Waals surface area contributed by atoms with Crippen molar-refractivity contribution in [3.05, 3.63) is 23.9 Å². The van der Waals surface area contributed by atoms with Gasteiger partial charge in [-0.1, -0.05) is 0 Å². The summed E-state index contributed by atoms with van der Waals surface area (Å²) in [5, 5.41) is 8.95. The van der Waals surface area contributed by atoms with Gasteiger partial charge in [-0.2, -0.15) is 23.1 Å². The second kappa shape index (κ2) is 11.6. The number of aliphatic hydroxyl groups excluding tert-OH is 1. The van der Waals surface area contributed by atoms with Gasteiger partial charge in [-0.25, -0.2) is 4.98 Å². The number of piperidine rings is 1. The number of aromatic nitrogens is 3. The van der Waals surface area contributed by atoms with Crippen LogP contribution in [-0.2, 0) is 6.18 Å². The van der Waals surface area contributed by atoms with E-state index < -0.39 is 11.7 Å². The van der Waals surface area contributed by atoms with Crippen LogP contribution in [0.4, 0.5) is 36.6 Å². The van der Waals surface area contributed by atoms with Crippen LogP contribution in [0.25, 0.3) is 0 Å². The van der Waals surface area contributed by atoms with Crippen LogP contribution in [0.5, 0.6) is 5.75 Å². The first kappa shape index (κ1) is 27.5. The summed E-state index contributed by atoms with van der Waals surface area (Å²) in [6.07, 6.45) is 2.44. The second-order valence-electron chi connectivity index (χ2n) is 10.7. The van der Waals surface area contributed by atoms with Crippen LogP contribution in [0.2, 0.25) is 0 Å². The molecule has 214 valence electrons. The molecule has 2 atom stereocenters. The zero-order chi connectivity index (χ0) is 27.6. The van der Waals surface area contributed by atoms with Crippen LogP contribution >= 0.6 is 0 Å². The average molecular weight is 550 g/mol. The molecule has 9 nitrogen and oxygen atoms in total. The van der Waals surface area contributed by atoms with E-state index in [-0.39, 0.29) is 30.8 Å². The Morgan fingerprint density at radius 3 is 2.33 bits per heavy atom. The van der Waals surface area contributed by atoms with Gasteiger partial charge in [0.15, 0.2) is 0 Å². The van der Waals surface area contributed by atoms with Gasteiger partial charge in [-0.05, 0) is 52.0 Å². The highest BCUT2D eigenvalue weighted by atomic mass is 19.4. The summed E-state index contributed by atoms with van der Waals surface area (Å²) >= 11 is 0. The minimum atomic E-state index is -4.58. The molecule has 3 aliphatic rings. The Morgan fingerprint density at radius 2 is 1.67 bits per heavy atom. The molecule has 39 heavy (non-hydrogen) atoms. The molecule has 0 aliphatic carbocycles. The summed E-state index contributed by atoms with van der Waals surface area (Å²) in [6, 6.07) is 3.29. The largest absolute Gasteiger partial charge is 0.490 e. The maximum atomic E-state index is 14.0. The van der Waals surface area contributed by atoms with Crippen molar-refractivity contribution in [1.82, 2.24) is 15.0 Å². The van der Waals surface area contributed by atoms with Crippen molar-refractivity contribution >= 4 is 23.4 Å². The highest BCUT2D eigenvalue weighted by Crippen LogP contribution is 2.38. The topological polar surface area (TPSA) is 81.1 Å². The van der Waals surface area contributed by atoms with Gasteiger partial charge in [-0.3, -0.25) is 0 Å². The smallest absolute Gasteiger partial charge is 0.420 e. The molecule has 5 rings (SSSR count). The molecule has 0 aromatic carbocycles. The number of piperazine rings is 1. The summed E-state index contributed by atoms with van der Waals surface area (Å²) in [5.41, 5.74) is -0.835. The molecule has 3 aliphatic heterocycles. The number of pyridine rings is 1. The van der Waals surface area contributed by atoms with Crippen LogP contribution in [0.3, 0.4) is 0 Å². The molecule has 2 aromatic heterocycles. The van der Waals surface area contributed by atoms with E-state index in [1.807, 2.05) is 6.92 Å². The Hall–Kier alpha value is -3.02. The molecular weight excluding hydrogens is 511 g/mol. The zero-order valence-electron chi connectivity index (χ0n) is 22.7. The maximum Gasteiger partial charge on any atom is 0.420 e. The highest BCUT2D eigenvalue weighted by molar-refractivity contribution is 5.59. The molecule has 2 aromatic rings. The Bertz CT molecular complexity index is 1130. The van der Waals surface area contributed by atoms with E-state index in [2.05, 4.69) is 32.7 Å². The fourth-order valence-electron chi connectivity index (χ4n) is 5.83. The summed E-state index contributed by atoms with van der Waals surface area (Å²) in [7, 11) is 0. The molecule has 0 spiro atoms. The first-order valence-electron chi connectivity index (χ1n) is 14.0. The molecule has 3 fully saturated rings. The zero-order valence-corrected chi connectivity index (χ0v) is 22.7. The Morgan fingerprint density at radius 1 is 0.897 bits per heavy atom. The molecule has 1 N–H and O–H groups in total. The van der Waals surface area contributed by atoms with E-state index in [1.54, 1.807) is 4.90 Å². The average Bonchev–Trinajstić information content (AvgIpc) is 3.37. The lowest BCUT2D eigenvalue weighted by Gasteiger charge is -2.42. The standard InChI is InChI=1S/C27H38F3N7O2/c1-19-7-6-10-37(19)26-32-23(34-8-4-3-5-9-34)16-24(33-26)36-12-11-35(18-20(36)2)25-22(27(28,29)30)15-21(17-31-25)39-14-13-38/h15-17,19-20,38H,3-14,18H2,1-2H3/t19-,20-/m1/s1. The highest BCUT2D eigenvalue weighted by Gasteiger charge is 2.38. The Kier molecular flexibility index (Phi) is 8.20. The maximum absolute atomic E-state index is 14.0. The molecule has 5 heterocycles. The van der Waals surface area contributed by atoms with E-state index in [0.29, 0.717) is 25.7 Å². The molecule has 0 bridgehead atoms. The van der Waals surface area contributed by atoms with E-state index in [0.717, 1.165) is 69.0 Å². The molecule has 12 heteroatoms. The summed E-state index contributed by atoms with van der Waals surface area (Å²) in [4.78, 5) is 22.6. The lowest BCUT2D eigenvalue weighted by molar-refractivity contribution is -0.137. The predicted octanol–water partition coefficient (Wildman–Crippen LogP) is 3.96. The lowest BCUT2D eigenvalue weighted by atomic mass is 10.1. The lowest BCUT2D eigenvalue weighted by Crippen LogP contribution is -2.53. The third-order valence-corrected chi connectivity index (χ3v) is 7.91. The van der Waals surface area contributed by atoms with Gasteiger partial charge in [0.2, 0.25) is 5.95 Å². The van der Waals surface area contributed by atoms with Crippen molar-refractivity contribution in [2.45, 2.75) is 64.2 Å². The van der Waals surface area contributed by atoms with Gasteiger partial charge >= 0.3 is 6.18 Å². The van der Waals surface area contributed by atoms with Crippen molar-refractivity contribution in [2.24, 2.45) is 0 Å². The van der Waals surface area contributed by atoms with Crippen LogP contribution in [0.15, 0.2) is 18.3 Å². The molecule has 0 unspecified atom stereocenters. The number of nitrogens with zero attached hydrogens (tertiary/aromatic N) is 7. The number of halogens is 3. The number of anilines is 4. The normalized spacial score (nSPS) is 22.5. The van der Waals surface area contributed by atoms with Gasteiger partial charge in [0.1, 0.15) is 35.4 Å². The SMILES string of the molecule is C[C@@H]1CN(c2ncc(OCCO)cc2C(F)(F)F)CCN1c1cc(N2CCCCC2)nc(N2CCC[C@H]2C)n1. The van der Waals surface area contributed by atoms with Gasteiger partial charge in [0.25, 0.3) is 0 Å². The third kappa shape index (κ3) is 6.10. The minimum absolute atomic E-state index is 0.0123. The van der Waals surface area contributed by atoms with Gasteiger partial charge in [0.05, 0.1) is 12.8 Å². The number of hydrogen-bond donors (Lipinski definition) is 1. The van der Waals surface area contributed by atoms with Crippen molar-refractivity contribution in [2.75, 3.05) is 72.1 Å². The number of ether oxygens (including phenoxy) is 1. The van der Waals surface area contributed by atoms with Crippen molar-refractivity contribution < 1.29 is 23.0 Å². The first-order valence-corrected chi connectivity index (χ1v) is 14.0. The van der Waals surface area contributed by atoms with Crippen LogP contribution in [0.1, 0.15) is 51.5 Å². The quantitative estimate of drug-likeness (QED) is 0.552. The van der Waals surface area contributed by atoms with E-state index in [4.69, 9.17) is 19.8 Å². The predicted molar refractivity (Wildman–Crippen MR) is 145 cm³/mol. The van der Waals surface area contributed by atoms with Gasteiger partial charge in [0, 0.05) is 57.4 Å². The fraction of sp³-hybridized carbons (Fsp3) is 0.667. The third-order valence-electron chi connectivity index (χ3n) is 7.91. The van der Waals surface area contributed by atoms with Crippen LogP contribution in [0, 0.1) is 0 Å². The second-order valence-corrected chi connectivity index (χ2v) is 10.7. The number of hydrogen-bond acceptors (Lipinski definition) is 9. The Balaban J connectivity index is 1.40. The molecule has 0 radical (unpaired) electrons. The van der Waals surface area contributed by atoms with Crippen molar-refractivity contribution in [3.8, 4) is 5.75 Å². The van der Waals surface area contributed by atoms with E-state index in [1.165, 1.54) is 12.6 Å². The number of alkyl halides is 3. The first-order chi connectivity index (χ1) is 18.7. The van der Waals surface area contributed by atoms with Gasteiger partial charge in [-0.15, -0.1) is 0 Å². The summed E-state index contributed by atoms with van der Waals surface area (Å²) in [6.45, 7) is 7.95. The fourth-order valence-corrected chi connectivity index (χ4v) is 5.83. The van der Waals surface area contributed by atoms with Crippen molar-refractivity contribution in [3.63, 3.8) is 0 Å². The number of aliphatic hydroxyl groups is 1. The molecule has 0 saturated carbocycles. The van der Waals surface area contributed by atoms with Gasteiger partial charge < -0.3 is 29.4 Å². The molecule has 0 amide bonds. The monoisotopic (exact) mass is 549 g/mol. The molecule has 3 saturated heterocycles. The van der Waals surface area contributed by atoms with Crippen LogP contribution in [-0.4, -0.2) is 84.6 Å². The Labute approximate surface area is 227 Å². The van der Waals surface area contributed by atoms with Crippen molar-refractivity contribution in [1.29, 1.82) is 0 Å². The van der Waals surface area contributed by atoms with E-state index >= 15 is 0 Å². The van der Waals surface area contributed by atoms with Crippen LogP contribution < -0.4 is 24.3 Å². The molecular formula is C27H38F3N7O2. The summed E-state index contributed by atoms with van der Waals surface area (Å²) in [5.74, 6) is 2.38.